The van der Waals surface area contributed by atoms with E-state index in [-0.39, 0.29) is 11.7 Å². The highest BCUT2D eigenvalue weighted by Crippen LogP contribution is 2.36. The third-order valence-corrected chi connectivity index (χ3v) is 3.32. The molecule has 1 aliphatic rings. The molecule has 0 saturated heterocycles. The summed E-state index contributed by atoms with van der Waals surface area (Å²) in [4.78, 5) is 11.1. The first-order valence-corrected chi connectivity index (χ1v) is 6.47. The van der Waals surface area contributed by atoms with Gasteiger partial charge < -0.3 is 9.84 Å². The van der Waals surface area contributed by atoms with Crippen molar-refractivity contribution in [1.29, 1.82) is 0 Å². The molecule has 1 N–H and O–H groups in total. The highest BCUT2D eigenvalue weighted by molar-refractivity contribution is 5.92. The Kier molecular flexibility index (Phi) is 3.03. The Morgan fingerprint density at radius 2 is 1.90 bits per heavy atom. The second-order valence-corrected chi connectivity index (χ2v) is 4.79. The number of carboxylic acids is 1. The molecule has 0 bridgehead atoms. The van der Waals surface area contributed by atoms with Gasteiger partial charge in [-0.1, -0.05) is 30.3 Å². The van der Waals surface area contributed by atoms with E-state index in [4.69, 9.17) is 9.84 Å². The zero-order valence-corrected chi connectivity index (χ0v) is 11.0. The molecule has 0 radical (unpaired) electrons. The average molecular weight is 266 g/mol. The fourth-order valence-corrected chi connectivity index (χ4v) is 2.40. The van der Waals surface area contributed by atoms with Crippen LogP contribution in [0.3, 0.4) is 0 Å². The Balaban J connectivity index is 2.16. The number of aromatic carboxylic acids is 1. The van der Waals surface area contributed by atoms with Crippen LogP contribution >= 0.6 is 0 Å². The average Bonchev–Trinajstić information content (AvgIpc) is 2.46. The zero-order valence-electron chi connectivity index (χ0n) is 11.0. The maximum atomic E-state index is 11.1. The van der Waals surface area contributed by atoms with Crippen molar-refractivity contribution in [2.45, 2.75) is 13.0 Å². The van der Waals surface area contributed by atoms with Crippen molar-refractivity contribution in [3.8, 4) is 5.75 Å². The molecule has 1 aliphatic heterocycles. The second-order valence-electron chi connectivity index (χ2n) is 4.79. The molecule has 0 fully saturated rings. The van der Waals surface area contributed by atoms with Crippen LogP contribution in [0.15, 0.2) is 54.6 Å². The van der Waals surface area contributed by atoms with E-state index in [0.29, 0.717) is 0 Å². The molecule has 1 unspecified atom stereocenters. The van der Waals surface area contributed by atoms with Crippen molar-refractivity contribution in [3.63, 3.8) is 0 Å². The van der Waals surface area contributed by atoms with Crippen molar-refractivity contribution in [3.05, 3.63) is 71.3 Å². The van der Waals surface area contributed by atoms with E-state index in [0.717, 1.165) is 22.4 Å². The van der Waals surface area contributed by atoms with E-state index in [2.05, 4.69) is 0 Å². The van der Waals surface area contributed by atoms with Gasteiger partial charge in [-0.3, -0.25) is 0 Å². The van der Waals surface area contributed by atoms with Crippen LogP contribution in [0.5, 0.6) is 5.75 Å². The van der Waals surface area contributed by atoms with Gasteiger partial charge in [0.05, 0.1) is 5.56 Å². The first-order valence-electron chi connectivity index (χ1n) is 6.47. The van der Waals surface area contributed by atoms with Gasteiger partial charge in [-0.25, -0.2) is 4.79 Å². The molecule has 0 spiro atoms. The summed E-state index contributed by atoms with van der Waals surface area (Å²) in [5, 5.41) is 9.13. The molecule has 1 heterocycles. The summed E-state index contributed by atoms with van der Waals surface area (Å²) in [6.07, 6.45) is 1.98. The molecule has 0 amide bonds. The number of ether oxygens (including phenoxy) is 1. The minimum atomic E-state index is -0.932. The summed E-state index contributed by atoms with van der Waals surface area (Å²) >= 11 is 0. The Labute approximate surface area is 117 Å². The van der Waals surface area contributed by atoms with E-state index >= 15 is 0 Å². The summed E-state index contributed by atoms with van der Waals surface area (Å²) in [5.41, 5.74) is 3.17. The SMILES string of the molecule is CC1C=C(c2ccccc2)c2cc(C(=O)O)ccc2O1. The highest BCUT2D eigenvalue weighted by atomic mass is 16.5. The minimum Gasteiger partial charge on any atom is -0.486 e. The molecule has 2 aromatic carbocycles. The van der Waals surface area contributed by atoms with Gasteiger partial charge in [0.1, 0.15) is 11.9 Å². The van der Waals surface area contributed by atoms with Crippen LogP contribution in [0.25, 0.3) is 5.57 Å². The van der Waals surface area contributed by atoms with Gasteiger partial charge in [0.15, 0.2) is 0 Å². The van der Waals surface area contributed by atoms with Crippen LogP contribution < -0.4 is 4.74 Å². The molecular formula is C17H14O3. The van der Waals surface area contributed by atoms with Crippen LogP contribution in [-0.2, 0) is 0 Å². The molecule has 0 saturated carbocycles. The standard InChI is InChI=1S/C17H14O3/c1-11-9-14(12-5-3-2-4-6-12)15-10-13(17(18)19)7-8-16(15)20-11/h2-11H,1H3,(H,18,19). The van der Waals surface area contributed by atoms with Gasteiger partial charge in [0.2, 0.25) is 0 Å². The van der Waals surface area contributed by atoms with Crippen molar-refractivity contribution in [2.24, 2.45) is 0 Å². The molecule has 20 heavy (non-hydrogen) atoms. The topological polar surface area (TPSA) is 46.5 Å². The van der Waals surface area contributed by atoms with E-state index < -0.39 is 5.97 Å². The van der Waals surface area contributed by atoms with Crippen LogP contribution in [0.4, 0.5) is 0 Å². The molecule has 100 valence electrons. The Bertz CT molecular complexity index is 687. The molecule has 2 aromatic rings. The maximum absolute atomic E-state index is 11.1. The predicted octanol–water partition coefficient (Wildman–Crippen LogP) is 3.60. The molecule has 0 aliphatic carbocycles. The lowest BCUT2D eigenvalue weighted by Gasteiger charge is -2.24. The van der Waals surface area contributed by atoms with Gasteiger partial charge in [0, 0.05) is 5.56 Å². The van der Waals surface area contributed by atoms with Gasteiger partial charge in [-0.15, -0.1) is 0 Å². The number of hydrogen-bond donors (Lipinski definition) is 1. The van der Waals surface area contributed by atoms with E-state index in [1.54, 1.807) is 18.2 Å². The molecule has 0 aromatic heterocycles. The summed E-state index contributed by atoms with van der Waals surface area (Å²) < 4.78 is 5.75. The van der Waals surface area contributed by atoms with Crippen LogP contribution in [0.1, 0.15) is 28.4 Å². The Morgan fingerprint density at radius 3 is 2.60 bits per heavy atom. The maximum Gasteiger partial charge on any atom is 0.335 e. The number of rotatable bonds is 2. The predicted molar refractivity (Wildman–Crippen MR) is 77.0 cm³/mol. The van der Waals surface area contributed by atoms with Crippen molar-refractivity contribution in [1.82, 2.24) is 0 Å². The normalized spacial score (nSPS) is 16.9. The number of fused-ring (bicyclic) bond motifs is 1. The van der Waals surface area contributed by atoms with Gasteiger partial charge in [0.25, 0.3) is 0 Å². The lowest BCUT2D eigenvalue weighted by molar-refractivity contribution is 0.0697. The fraction of sp³-hybridized carbons (Fsp3) is 0.118. The summed E-state index contributed by atoms with van der Waals surface area (Å²) in [6, 6.07) is 14.9. The smallest absolute Gasteiger partial charge is 0.335 e. The van der Waals surface area contributed by atoms with Crippen molar-refractivity contribution >= 4 is 11.5 Å². The van der Waals surface area contributed by atoms with Crippen molar-refractivity contribution in [2.75, 3.05) is 0 Å². The lowest BCUT2D eigenvalue weighted by Crippen LogP contribution is -2.15. The summed E-state index contributed by atoms with van der Waals surface area (Å²) in [7, 11) is 0. The van der Waals surface area contributed by atoms with E-state index in [1.165, 1.54) is 0 Å². The third kappa shape index (κ3) is 2.18. The van der Waals surface area contributed by atoms with Crippen LogP contribution in [0, 0.1) is 0 Å². The molecular weight excluding hydrogens is 252 g/mol. The monoisotopic (exact) mass is 266 g/mol. The zero-order chi connectivity index (χ0) is 14.1. The third-order valence-electron chi connectivity index (χ3n) is 3.32. The molecule has 1 atom stereocenters. The highest BCUT2D eigenvalue weighted by Gasteiger charge is 2.20. The largest absolute Gasteiger partial charge is 0.486 e. The number of carboxylic acid groups (broad SMARTS) is 1. The van der Waals surface area contributed by atoms with Crippen LogP contribution in [0.2, 0.25) is 0 Å². The number of benzene rings is 2. The summed E-state index contributed by atoms with van der Waals surface area (Å²) in [6.45, 7) is 1.97. The Hall–Kier alpha value is -2.55. The van der Waals surface area contributed by atoms with Crippen molar-refractivity contribution < 1.29 is 14.6 Å². The van der Waals surface area contributed by atoms with Crippen LogP contribution in [-0.4, -0.2) is 17.2 Å². The minimum absolute atomic E-state index is 0.0339. The molecule has 3 nitrogen and oxygen atoms in total. The van der Waals surface area contributed by atoms with E-state index in [9.17, 15) is 4.79 Å². The molecule has 3 heteroatoms. The van der Waals surface area contributed by atoms with Gasteiger partial charge in [-0.05, 0) is 42.3 Å². The van der Waals surface area contributed by atoms with Gasteiger partial charge in [-0.2, -0.15) is 0 Å². The fourth-order valence-electron chi connectivity index (χ4n) is 2.40. The van der Waals surface area contributed by atoms with E-state index in [1.807, 2.05) is 43.3 Å². The summed E-state index contributed by atoms with van der Waals surface area (Å²) in [5.74, 6) is -0.206. The number of hydrogen-bond acceptors (Lipinski definition) is 2. The Morgan fingerprint density at radius 1 is 1.15 bits per heavy atom. The lowest BCUT2D eigenvalue weighted by atomic mass is 9.92. The van der Waals surface area contributed by atoms with Gasteiger partial charge >= 0.3 is 5.97 Å². The first kappa shape index (κ1) is 12.5. The quantitative estimate of drug-likeness (QED) is 0.903. The number of carbonyl (C=O) groups is 1. The second kappa shape index (κ2) is 4.85. The molecule has 3 rings (SSSR count). The first-order chi connectivity index (χ1) is 9.65.